The molecule has 4 N–H and O–H groups in total. The first-order valence-corrected chi connectivity index (χ1v) is 10.4. The van der Waals surface area contributed by atoms with Crippen LogP contribution in [0.4, 0.5) is 17.6 Å². The van der Waals surface area contributed by atoms with Gasteiger partial charge in [-0.3, -0.25) is 4.79 Å². The number of halogens is 4. The Bertz CT molecular complexity index is 1230. The second-order valence-electron chi connectivity index (χ2n) is 9.08. The lowest BCUT2D eigenvalue weighted by atomic mass is 9.84. The molecule has 1 aliphatic carbocycles. The van der Waals surface area contributed by atoms with Crippen LogP contribution in [0.15, 0.2) is 30.3 Å². The highest BCUT2D eigenvalue weighted by Gasteiger charge is 2.66. The number of hydrogen-bond acceptors (Lipinski definition) is 4. The summed E-state index contributed by atoms with van der Waals surface area (Å²) in [6.07, 6.45) is -4.47. The molecule has 0 spiro atoms. The van der Waals surface area contributed by atoms with E-state index in [1.54, 1.807) is 13.8 Å². The van der Waals surface area contributed by atoms with Gasteiger partial charge in [0.1, 0.15) is 22.8 Å². The summed E-state index contributed by atoms with van der Waals surface area (Å²) in [6.45, 7) is 2.79. The van der Waals surface area contributed by atoms with Gasteiger partial charge in [-0.1, -0.05) is 13.8 Å². The average molecular weight is 465 g/mol. The van der Waals surface area contributed by atoms with Crippen molar-refractivity contribution in [1.82, 2.24) is 15.3 Å². The summed E-state index contributed by atoms with van der Waals surface area (Å²) in [5.41, 5.74) is -1.74. The summed E-state index contributed by atoms with van der Waals surface area (Å²) in [6, 6.07) is 6.60. The summed E-state index contributed by atoms with van der Waals surface area (Å²) in [5, 5.41) is 22.2. The Morgan fingerprint density at radius 3 is 2.52 bits per heavy atom. The van der Waals surface area contributed by atoms with Crippen LogP contribution in [0.3, 0.4) is 0 Å². The predicted molar refractivity (Wildman–Crippen MR) is 112 cm³/mol. The van der Waals surface area contributed by atoms with E-state index in [9.17, 15) is 32.6 Å². The Hall–Kier alpha value is -3.14. The minimum absolute atomic E-state index is 0.0314. The SMILES string of the molecule is CC(C)(CO)c1cc(F)c(CNC(=O)c2ccc3nc(C4(C(F)(F)F)CC4)[nH]c3c2)cc1O. The summed E-state index contributed by atoms with van der Waals surface area (Å²) < 4.78 is 54.6. The molecule has 0 saturated heterocycles. The van der Waals surface area contributed by atoms with Crippen LogP contribution in [0.2, 0.25) is 0 Å². The maximum absolute atomic E-state index is 14.5. The van der Waals surface area contributed by atoms with Gasteiger partial charge in [0.05, 0.1) is 17.6 Å². The smallest absolute Gasteiger partial charge is 0.401 e. The Morgan fingerprint density at radius 1 is 1.21 bits per heavy atom. The number of fused-ring (bicyclic) bond motifs is 1. The minimum atomic E-state index is -4.40. The monoisotopic (exact) mass is 465 g/mol. The van der Waals surface area contributed by atoms with Crippen molar-refractivity contribution in [2.24, 2.45) is 0 Å². The number of phenolic OH excluding ortho intramolecular Hbond substituents is 1. The average Bonchev–Trinajstić information content (AvgIpc) is 3.47. The van der Waals surface area contributed by atoms with Crippen LogP contribution in [0.1, 0.15) is 54.0 Å². The van der Waals surface area contributed by atoms with E-state index in [-0.39, 0.29) is 54.3 Å². The van der Waals surface area contributed by atoms with Crippen molar-refractivity contribution in [3.05, 3.63) is 58.7 Å². The molecule has 1 aromatic heterocycles. The Labute approximate surface area is 186 Å². The number of imidazole rings is 1. The molecule has 2 aromatic carbocycles. The number of phenols is 1. The number of amides is 1. The van der Waals surface area contributed by atoms with E-state index < -0.39 is 28.7 Å². The van der Waals surface area contributed by atoms with Crippen molar-refractivity contribution in [3.63, 3.8) is 0 Å². The molecular weight excluding hydrogens is 442 g/mol. The summed E-state index contributed by atoms with van der Waals surface area (Å²) in [5.74, 6) is -1.58. The summed E-state index contributed by atoms with van der Waals surface area (Å²) in [7, 11) is 0. The number of H-pyrrole nitrogens is 1. The molecule has 1 saturated carbocycles. The number of hydrogen-bond donors (Lipinski definition) is 4. The number of rotatable bonds is 6. The zero-order valence-corrected chi connectivity index (χ0v) is 18.0. The molecule has 0 aliphatic heterocycles. The van der Waals surface area contributed by atoms with Gasteiger partial charge in [0.15, 0.2) is 0 Å². The summed E-state index contributed by atoms with van der Waals surface area (Å²) in [4.78, 5) is 19.3. The van der Waals surface area contributed by atoms with Crippen molar-refractivity contribution in [1.29, 1.82) is 0 Å². The van der Waals surface area contributed by atoms with E-state index in [2.05, 4.69) is 15.3 Å². The van der Waals surface area contributed by atoms with Crippen LogP contribution in [-0.4, -0.2) is 38.9 Å². The number of nitrogens with zero attached hydrogens (tertiary/aromatic N) is 1. The zero-order valence-electron chi connectivity index (χ0n) is 18.0. The van der Waals surface area contributed by atoms with Gasteiger partial charge in [-0.05, 0) is 43.2 Å². The zero-order chi connectivity index (χ0) is 24.2. The van der Waals surface area contributed by atoms with Crippen molar-refractivity contribution in [2.45, 2.75) is 50.2 Å². The van der Waals surface area contributed by atoms with Crippen molar-refractivity contribution < 1.29 is 32.6 Å². The topological polar surface area (TPSA) is 98.2 Å². The fourth-order valence-electron chi connectivity index (χ4n) is 3.80. The molecule has 176 valence electrons. The highest BCUT2D eigenvalue weighted by Crippen LogP contribution is 2.58. The van der Waals surface area contributed by atoms with Crippen molar-refractivity contribution in [3.8, 4) is 5.75 Å². The normalized spacial score (nSPS) is 15.6. The molecule has 4 rings (SSSR count). The number of aliphatic hydroxyl groups excluding tert-OH is 1. The summed E-state index contributed by atoms with van der Waals surface area (Å²) >= 11 is 0. The molecule has 1 fully saturated rings. The third kappa shape index (κ3) is 4.03. The van der Waals surface area contributed by atoms with E-state index in [1.165, 1.54) is 24.3 Å². The van der Waals surface area contributed by atoms with E-state index in [4.69, 9.17) is 0 Å². The molecule has 1 heterocycles. The van der Waals surface area contributed by atoms with Crippen LogP contribution in [0.25, 0.3) is 11.0 Å². The number of carbonyl (C=O) groups excluding carboxylic acids is 1. The fraction of sp³-hybridized carbons (Fsp3) is 0.391. The van der Waals surface area contributed by atoms with Gasteiger partial charge < -0.3 is 20.5 Å². The molecule has 10 heteroatoms. The number of alkyl halides is 3. The number of nitrogens with one attached hydrogen (secondary N) is 2. The number of aromatic amines is 1. The highest BCUT2D eigenvalue weighted by atomic mass is 19.4. The number of carbonyl (C=O) groups is 1. The quantitative estimate of drug-likeness (QED) is 0.410. The predicted octanol–water partition coefficient (Wildman–Crippen LogP) is 4.20. The molecule has 0 bridgehead atoms. The maximum Gasteiger partial charge on any atom is 0.401 e. The van der Waals surface area contributed by atoms with Gasteiger partial charge in [0, 0.05) is 28.7 Å². The maximum atomic E-state index is 14.5. The number of benzene rings is 2. The first kappa shape index (κ1) is 23.0. The van der Waals surface area contributed by atoms with Crippen molar-refractivity contribution in [2.75, 3.05) is 6.61 Å². The number of aromatic hydroxyl groups is 1. The fourth-order valence-corrected chi connectivity index (χ4v) is 3.80. The van der Waals surface area contributed by atoms with E-state index in [1.807, 2.05) is 0 Å². The number of aliphatic hydroxyl groups is 1. The lowest BCUT2D eigenvalue weighted by Gasteiger charge is -2.24. The third-order valence-corrected chi connectivity index (χ3v) is 6.22. The molecule has 3 aromatic rings. The van der Waals surface area contributed by atoms with Gasteiger partial charge in [-0.25, -0.2) is 9.37 Å². The van der Waals surface area contributed by atoms with Gasteiger partial charge in [-0.15, -0.1) is 0 Å². The molecule has 0 unspecified atom stereocenters. The Morgan fingerprint density at radius 2 is 1.91 bits per heavy atom. The van der Waals surface area contributed by atoms with Gasteiger partial charge in [-0.2, -0.15) is 13.2 Å². The molecule has 0 radical (unpaired) electrons. The van der Waals surface area contributed by atoms with Crippen LogP contribution < -0.4 is 5.32 Å². The Kier molecular flexibility index (Phi) is 5.39. The van der Waals surface area contributed by atoms with Crippen LogP contribution in [0, 0.1) is 5.82 Å². The molecular formula is C23H23F4N3O3. The molecule has 1 aliphatic rings. The second-order valence-corrected chi connectivity index (χ2v) is 9.08. The standard InChI is InChI=1S/C23H23F4N3O3/c1-21(2,11-31)14-9-15(24)13(8-18(14)32)10-28-19(33)12-3-4-16-17(7-12)30-20(29-16)22(5-6-22)23(25,26)27/h3-4,7-9,31-32H,5-6,10-11H2,1-2H3,(H,28,33)(H,29,30). The first-order valence-electron chi connectivity index (χ1n) is 10.4. The van der Waals surface area contributed by atoms with E-state index >= 15 is 0 Å². The van der Waals surface area contributed by atoms with Crippen LogP contribution >= 0.6 is 0 Å². The third-order valence-electron chi connectivity index (χ3n) is 6.22. The minimum Gasteiger partial charge on any atom is -0.508 e. The molecule has 0 atom stereocenters. The molecule has 6 nitrogen and oxygen atoms in total. The lowest BCUT2D eigenvalue weighted by molar-refractivity contribution is -0.162. The van der Waals surface area contributed by atoms with Gasteiger partial charge >= 0.3 is 6.18 Å². The van der Waals surface area contributed by atoms with Crippen LogP contribution in [0.5, 0.6) is 5.75 Å². The molecule has 33 heavy (non-hydrogen) atoms. The van der Waals surface area contributed by atoms with Gasteiger partial charge in [0.25, 0.3) is 5.91 Å². The van der Waals surface area contributed by atoms with E-state index in [0.29, 0.717) is 11.0 Å². The lowest BCUT2D eigenvalue weighted by Crippen LogP contribution is -2.29. The number of aromatic nitrogens is 2. The largest absolute Gasteiger partial charge is 0.508 e. The first-order chi connectivity index (χ1) is 15.4. The molecule has 1 amide bonds. The van der Waals surface area contributed by atoms with E-state index in [0.717, 1.165) is 6.07 Å². The van der Waals surface area contributed by atoms with Gasteiger partial charge in [0.2, 0.25) is 0 Å². The van der Waals surface area contributed by atoms with Crippen molar-refractivity contribution >= 4 is 16.9 Å². The van der Waals surface area contributed by atoms with Crippen LogP contribution in [-0.2, 0) is 17.4 Å². The Balaban J connectivity index is 1.51. The highest BCUT2D eigenvalue weighted by molar-refractivity contribution is 5.97. The second kappa shape index (κ2) is 7.72.